The number of rotatable bonds is 2. The summed E-state index contributed by atoms with van der Waals surface area (Å²) in [5, 5.41) is 0.522. The third-order valence-electron chi connectivity index (χ3n) is 3.45. The minimum atomic E-state index is -0.0982. The zero-order valence-corrected chi connectivity index (χ0v) is 11.0. The van der Waals surface area contributed by atoms with E-state index in [0.717, 1.165) is 11.3 Å². The molecular formula is C15H11N5O. The van der Waals surface area contributed by atoms with Gasteiger partial charge in [0.15, 0.2) is 0 Å². The zero-order valence-electron chi connectivity index (χ0n) is 11.0. The van der Waals surface area contributed by atoms with Gasteiger partial charge < -0.3 is 4.40 Å². The summed E-state index contributed by atoms with van der Waals surface area (Å²) in [4.78, 5) is 25.1. The molecule has 0 atom stereocenters. The van der Waals surface area contributed by atoms with Crippen molar-refractivity contribution in [2.75, 3.05) is 0 Å². The van der Waals surface area contributed by atoms with Crippen LogP contribution in [-0.2, 0) is 6.54 Å². The Balaban J connectivity index is 1.84. The first-order chi connectivity index (χ1) is 10.3. The van der Waals surface area contributed by atoms with Gasteiger partial charge in [0.25, 0.3) is 5.56 Å². The van der Waals surface area contributed by atoms with Crippen molar-refractivity contribution in [3.8, 4) is 0 Å². The SMILES string of the molecule is O=c1c2cnccc2ncn1Cc1cnc2ccccn12. The Bertz CT molecular complexity index is 1000. The van der Waals surface area contributed by atoms with E-state index in [4.69, 9.17) is 0 Å². The first-order valence-corrected chi connectivity index (χ1v) is 6.53. The van der Waals surface area contributed by atoms with E-state index in [1.807, 2.05) is 28.8 Å². The number of pyridine rings is 2. The minimum Gasteiger partial charge on any atom is -0.302 e. The maximum atomic E-state index is 12.4. The molecule has 0 aliphatic rings. The van der Waals surface area contributed by atoms with Crippen LogP contribution in [-0.4, -0.2) is 23.9 Å². The summed E-state index contributed by atoms with van der Waals surface area (Å²) < 4.78 is 3.53. The molecule has 4 heterocycles. The second-order valence-corrected chi connectivity index (χ2v) is 4.75. The Kier molecular flexibility index (Phi) is 2.53. The molecule has 102 valence electrons. The van der Waals surface area contributed by atoms with Crippen LogP contribution in [0, 0.1) is 0 Å². The van der Waals surface area contributed by atoms with E-state index in [2.05, 4.69) is 15.0 Å². The molecule has 0 aromatic carbocycles. The molecular weight excluding hydrogens is 266 g/mol. The third-order valence-corrected chi connectivity index (χ3v) is 3.45. The number of hydrogen-bond acceptors (Lipinski definition) is 4. The summed E-state index contributed by atoms with van der Waals surface area (Å²) in [5.74, 6) is 0. The van der Waals surface area contributed by atoms with Gasteiger partial charge in [-0.15, -0.1) is 0 Å². The highest BCUT2D eigenvalue weighted by molar-refractivity contribution is 5.75. The number of fused-ring (bicyclic) bond motifs is 2. The smallest absolute Gasteiger partial charge is 0.263 e. The lowest BCUT2D eigenvalue weighted by atomic mass is 10.3. The quantitative estimate of drug-likeness (QED) is 0.557. The lowest BCUT2D eigenvalue weighted by Crippen LogP contribution is -2.21. The van der Waals surface area contributed by atoms with Crippen LogP contribution in [0.1, 0.15) is 5.69 Å². The van der Waals surface area contributed by atoms with Crippen molar-refractivity contribution in [2.24, 2.45) is 0 Å². The standard InChI is InChI=1S/C15H11N5O/c21-15-12-8-16-5-4-13(12)18-10-19(15)9-11-7-17-14-3-1-2-6-20(11)14/h1-8,10H,9H2. The van der Waals surface area contributed by atoms with E-state index in [9.17, 15) is 4.79 Å². The monoisotopic (exact) mass is 277 g/mol. The highest BCUT2D eigenvalue weighted by atomic mass is 16.1. The van der Waals surface area contributed by atoms with E-state index >= 15 is 0 Å². The maximum Gasteiger partial charge on any atom is 0.263 e. The fourth-order valence-electron chi connectivity index (χ4n) is 2.39. The van der Waals surface area contributed by atoms with Crippen molar-refractivity contribution in [1.82, 2.24) is 23.9 Å². The van der Waals surface area contributed by atoms with E-state index in [-0.39, 0.29) is 5.56 Å². The molecule has 0 aliphatic heterocycles. The highest BCUT2D eigenvalue weighted by Gasteiger charge is 2.07. The predicted molar refractivity (Wildman–Crippen MR) is 78.1 cm³/mol. The second kappa shape index (κ2) is 4.52. The molecule has 0 unspecified atom stereocenters. The van der Waals surface area contributed by atoms with Crippen molar-refractivity contribution in [2.45, 2.75) is 6.54 Å². The summed E-state index contributed by atoms with van der Waals surface area (Å²) in [6, 6.07) is 7.52. The van der Waals surface area contributed by atoms with Crippen molar-refractivity contribution < 1.29 is 0 Å². The lowest BCUT2D eigenvalue weighted by Gasteiger charge is -2.06. The minimum absolute atomic E-state index is 0.0982. The van der Waals surface area contributed by atoms with E-state index in [1.54, 1.807) is 35.6 Å². The summed E-state index contributed by atoms with van der Waals surface area (Å²) in [7, 11) is 0. The number of imidazole rings is 1. The molecule has 21 heavy (non-hydrogen) atoms. The number of hydrogen-bond donors (Lipinski definition) is 0. The fraction of sp³-hybridized carbons (Fsp3) is 0.0667. The maximum absolute atomic E-state index is 12.4. The molecule has 0 spiro atoms. The van der Waals surface area contributed by atoms with Gasteiger partial charge in [-0.05, 0) is 18.2 Å². The topological polar surface area (TPSA) is 65.1 Å². The third kappa shape index (κ3) is 1.88. The Labute approximate surface area is 119 Å². The van der Waals surface area contributed by atoms with Crippen molar-refractivity contribution in [3.05, 3.63) is 71.4 Å². The molecule has 0 aliphatic carbocycles. The average Bonchev–Trinajstić information content (AvgIpc) is 2.94. The van der Waals surface area contributed by atoms with E-state index in [0.29, 0.717) is 17.4 Å². The first kappa shape index (κ1) is 11.8. The predicted octanol–water partition coefficient (Wildman–Crippen LogP) is 1.49. The van der Waals surface area contributed by atoms with Gasteiger partial charge in [0.05, 0.1) is 35.7 Å². The van der Waals surface area contributed by atoms with Crippen LogP contribution >= 0.6 is 0 Å². The van der Waals surface area contributed by atoms with E-state index < -0.39 is 0 Å². The Morgan fingerprint density at radius 1 is 1.10 bits per heavy atom. The van der Waals surface area contributed by atoms with Gasteiger partial charge in [-0.2, -0.15) is 0 Å². The van der Waals surface area contributed by atoms with Gasteiger partial charge in [0.2, 0.25) is 0 Å². The second-order valence-electron chi connectivity index (χ2n) is 4.75. The van der Waals surface area contributed by atoms with Crippen LogP contribution in [0.3, 0.4) is 0 Å². The van der Waals surface area contributed by atoms with Gasteiger partial charge in [-0.25, -0.2) is 9.97 Å². The average molecular weight is 277 g/mol. The van der Waals surface area contributed by atoms with Gasteiger partial charge in [0, 0.05) is 18.6 Å². The largest absolute Gasteiger partial charge is 0.302 e. The van der Waals surface area contributed by atoms with Crippen LogP contribution < -0.4 is 5.56 Å². The zero-order chi connectivity index (χ0) is 14.2. The van der Waals surface area contributed by atoms with Gasteiger partial charge in [-0.1, -0.05) is 6.07 Å². The molecule has 4 rings (SSSR count). The molecule has 6 nitrogen and oxygen atoms in total. The molecule has 0 fully saturated rings. The molecule has 0 saturated heterocycles. The summed E-state index contributed by atoms with van der Waals surface area (Å²) >= 11 is 0. The molecule has 0 amide bonds. The van der Waals surface area contributed by atoms with Gasteiger partial charge in [0.1, 0.15) is 5.65 Å². The summed E-state index contributed by atoms with van der Waals surface area (Å²) in [5.41, 5.74) is 2.34. The van der Waals surface area contributed by atoms with Gasteiger partial charge >= 0.3 is 0 Å². The number of nitrogens with zero attached hydrogens (tertiary/aromatic N) is 5. The van der Waals surface area contributed by atoms with Crippen molar-refractivity contribution in [1.29, 1.82) is 0 Å². The van der Waals surface area contributed by atoms with Crippen LogP contribution in [0.4, 0.5) is 0 Å². The molecule has 4 aromatic heterocycles. The summed E-state index contributed by atoms with van der Waals surface area (Å²) in [6.07, 6.45) is 8.44. The van der Waals surface area contributed by atoms with Crippen LogP contribution in [0.2, 0.25) is 0 Å². The Hall–Kier alpha value is -3.02. The lowest BCUT2D eigenvalue weighted by molar-refractivity contribution is 0.723. The molecule has 0 radical (unpaired) electrons. The van der Waals surface area contributed by atoms with Crippen LogP contribution in [0.15, 0.2) is 60.2 Å². The number of aromatic nitrogens is 5. The molecule has 6 heteroatoms. The van der Waals surface area contributed by atoms with Crippen molar-refractivity contribution in [3.63, 3.8) is 0 Å². The van der Waals surface area contributed by atoms with E-state index in [1.165, 1.54) is 0 Å². The van der Waals surface area contributed by atoms with Crippen molar-refractivity contribution >= 4 is 16.6 Å². The van der Waals surface area contributed by atoms with Crippen LogP contribution in [0.5, 0.6) is 0 Å². The molecule has 0 N–H and O–H groups in total. The molecule has 0 bridgehead atoms. The molecule has 4 aromatic rings. The Morgan fingerprint density at radius 2 is 2.05 bits per heavy atom. The summed E-state index contributed by atoms with van der Waals surface area (Å²) in [6.45, 7) is 0.418. The molecule has 0 saturated carbocycles. The van der Waals surface area contributed by atoms with Crippen LogP contribution in [0.25, 0.3) is 16.6 Å². The normalized spacial score (nSPS) is 11.2. The Morgan fingerprint density at radius 3 is 3.00 bits per heavy atom. The highest BCUT2D eigenvalue weighted by Crippen LogP contribution is 2.08. The fourth-order valence-corrected chi connectivity index (χ4v) is 2.39. The first-order valence-electron chi connectivity index (χ1n) is 6.53. The van der Waals surface area contributed by atoms with Gasteiger partial charge in [-0.3, -0.25) is 14.3 Å².